The van der Waals surface area contributed by atoms with Crippen LogP contribution in [-0.2, 0) is 4.74 Å². The molecule has 0 spiro atoms. The summed E-state index contributed by atoms with van der Waals surface area (Å²) in [5.41, 5.74) is 0. The number of nitrogens with zero attached hydrogens (tertiary/aromatic N) is 1. The number of para-hydroxylation sites is 1. The summed E-state index contributed by atoms with van der Waals surface area (Å²) in [6, 6.07) is 20.0. The average molecular weight is 384 g/mol. The van der Waals surface area contributed by atoms with E-state index in [1.807, 2.05) is 30.3 Å². The van der Waals surface area contributed by atoms with Crippen molar-refractivity contribution in [2.45, 2.75) is 51.6 Å². The summed E-state index contributed by atoms with van der Waals surface area (Å²) in [5.74, 6) is 1.79. The zero-order chi connectivity index (χ0) is 19.3. The van der Waals surface area contributed by atoms with Crippen LogP contribution in [0.4, 0.5) is 0 Å². The lowest BCUT2D eigenvalue weighted by atomic mass is 10.2. The first kappa shape index (κ1) is 20.1. The van der Waals surface area contributed by atoms with E-state index in [1.54, 1.807) is 0 Å². The van der Waals surface area contributed by atoms with E-state index in [4.69, 9.17) is 9.47 Å². The van der Waals surface area contributed by atoms with Crippen molar-refractivity contribution in [2.24, 2.45) is 0 Å². The van der Waals surface area contributed by atoms with E-state index in [0.29, 0.717) is 12.2 Å². The van der Waals surface area contributed by atoms with Gasteiger partial charge >= 0.3 is 0 Å². The molecule has 2 atom stereocenters. The van der Waals surface area contributed by atoms with Gasteiger partial charge in [-0.3, -0.25) is 4.90 Å². The minimum Gasteiger partial charge on any atom is -0.457 e. The van der Waals surface area contributed by atoms with Crippen LogP contribution in [0.2, 0.25) is 19.1 Å². The minimum absolute atomic E-state index is 0.358. The van der Waals surface area contributed by atoms with Crippen molar-refractivity contribution in [3.05, 3.63) is 54.6 Å². The van der Waals surface area contributed by atoms with Crippen LogP contribution in [0.3, 0.4) is 0 Å². The maximum Gasteiger partial charge on any atom is 0.127 e. The summed E-state index contributed by atoms with van der Waals surface area (Å²) in [6.07, 6.45) is 1.98. The molecule has 27 heavy (non-hydrogen) atoms. The fraction of sp³-hybridized carbons (Fsp3) is 0.478. The summed E-state index contributed by atoms with van der Waals surface area (Å²) in [4.78, 5) is 2.57. The SMILES string of the molecule is CC1CN(CCC[Si](C)(C)c2ccc(Oc3ccccc3)cc2)CC(C)O1. The van der Waals surface area contributed by atoms with Crippen LogP contribution < -0.4 is 9.92 Å². The highest BCUT2D eigenvalue weighted by molar-refractivity contribution is 6.89. The Kier molecular flexibility index (Phi) is 6.74. The zero-order valence-corrected chi connectivity index (χ0v) is 18.2. The smallest absolute Gasteiger partial charge is 0.127 e. The largest absolute Gasteiger partial charge is 0.457 e. The lowest BCUT2D eigenvalue weighted by Crippen LogP contribution is -2.46. The quantitative estimate of drug-likeness (QED) is 0.635. The van der Waals surface area contributed by atoms with Gasteiger partial charge in [0.25, 0.3) is 0 Å². The van der Waals surface area contributed by atoms with E-state index in [1.165, 1.54) is 24.2 Å². The second-order valence-corrected chi connectivity index (χ2v) is 13.3. The van der Waals surface area contributed by atoms with Gasteiger partial charge in [-0.25, -0.2) is 0 Å². The summed E-state index contributed by atoms with van der Waals surface area (Å²) in [6.45, 7) is 12.6. The van der Waals surface area contributed by atoms with Crippen molar-refractivity contribution in [3.63, 3.8) is 0 Å². The van der Waals surface area contributed by atoms with Gasteiger partial charge in [-0.05, 0) is 51.1 Å². The number of morpholine rings is 1. The monoisotopic (exact) mass is 383 g/mol. The summed E-state index contributed by atoms with van der Waals surface area (Å²) in [7, 11) is -1.43. The van der Waals surface area contributed by atoms with Gasteiger partial charge in [0, 0.05) is 13.1 Å². The van der Waals surface area contributed by atoms with E-state index in [2.05, 4.69) is 56.1 Å². The molecular weight excluding hydrogens is 350 g/mol. The van der Waals surface area contributed by atoms with E-state index in [-0.39, 0.29) is 0 Å². The average Bonchev–Trinajstić information content (AvgIpc) is 2.62. The van der Waals surface area contributed by atoms with Crippen LogP contribution in [0.25, 0.3) is 0 Å². The predicted octanol–water partition coefficient (Wildman–Crippen LogP) is 4.89. The van der Waals surface area contributed by atoms with E-state index >= 15 is 0 Å². The van der Waals surface area contributed by atoms with Gasteiger partial charge in [-0.1, -0.05) is 54.7 Å². The molecule has 1 aliphatic rings. The molecule has 0 aromatic heterocycles. The molecule has 0 radical (unpaired) electrons. The highest BCUT2D eigenvalue weighted by atomic mass is 28.3. The topological polar surface area (TPSA) is 21.7 Å². The molecule has 0 bridgehead atoms. The molecule has 2 aromatic rings. The number of rotatable bonds is 7. The van der Waals surface area contributed by atoms with E-state index in [0.717, 1.165) is 24.6 Å². The van der Waals surface area contributed by atoms with Crippen molar-refractivity contribution in [2.75, 3.05) is 19.6 Å². The van der Waals surface area contributed by atoms with Gasteiger partial charge in [0.05, 0.1) is 20.3 Å². The normalized spacial score (nSPS) is 21.2. The first-order chi connectivity index (χ1) is 12.9. The van der Waals surface area contributed by atoms with Gasteiger partial charge in [-0.15, -0.1) is 0 Å². The molecule has 0 amide bonds. The third kappa shape index (κ3) is 5.93. The number of hydrogen-bond donors (Lipinski definition) is 0. The maximum atomic E-state index is 5.92. The van der Waals surface area contributed by atoms with Crippen molar-refractivity contribution in [1.82, 2.24) is 4.90 Å². The lowest BCUT2D eigenvalue weighted by Gasteiger charge is -2.35. The summed E-state index contributed by atoms with van der Waals surface area (Å²) in [5, 5.41) is 1.51. The van der Waals surface area contributed by atoms with E-state index < -0.39 is 8.07 Å². The Balaban J connectivity index is 1.51. The van der Waals surface area contributed by atoms with Crippen molar-refractivity contribution in [1.29, 1.82) is 0 Å². The Morgan fingerprint density at radius 1 is 0.926 bits per heavy atom. The molecule has 2 unspecified atom stereocenters. The van der Waals surface area contributed by atoms with Gasteiger partial charge in [0.1, 0.15) is 11.5 Å². The molecule has 0 saturated carbocycles. The van der Waals surface area contributed by atoms with Crippen LogP contribution in [0.5, 0.6) is 11.5 Å². The van der Waals surface area contributed by atoms with E-state index in [9.17, 15) is 0 Å². The molecule has 0 aliphatic carbocycles. The highest BCUT2D eigenvalue weighted by Gasteiger charge is 2.25. The summed E-state index contributed by atoms with van der Waals surface area (Å²) < 4.78 is 11.8. The molecule has 1 heterocycles. The second-order valence-electron chi connectivity index (χ2n) is 8.44. The molecule has 3 nitrogen and oxygen atoms in total. The first-order valence-corrected chi connectivity index (χ1v) is 13.3. The van der Waals surface area contributed by atoms with Crippen molar-refractivity contribution >= 4 is 13.3 Å². The molecule has 1 aliphatic heterocycles. The number of hydrogen-bond acceptors (Lipinski definition) is 3. The van der Waals surface area contributed by atoms with Gasteiger partial charge in [0.15, 0.2) is 0 Å². The fourth-order valence-electron chi connectivity index (χ4n) is 3.95. The van der Waals surface area contributed by atoms with Crippen LogP contribution in [0, 0.1) is 0 Å². The van der Waals surface area contributed by atoms with Crippen molar-refractivity contribution in [3.8, 4) is 11.5 Å². The van der Waals surface area contributed by atoms with Gasteiger partial charge < -0.3 is 9.47 Å². The molecule has 3 rings (SSSR count). The molecule has 2 aromatic carbocycles. The Hall–Kier alpha value is -1.62. The fourth-order valence-corrected chi connectivity index (χ4v) is 6.35. The predicted molar refractivity (Wildman–Crippen MR) is 116 cm³/mol. The molecule has 1 fully saturated rings. The third-order valence-electron chi connectivity index (χ3n) is 5.39. The van der Waals surface area contributed by atoms with Crippen LogP contribution >= 0.6 is 0 Å². The Bertz CT molecular complexity index is 692. The zero-order valence-electron chi connectivity index (χ0n) is 17.2. The van der Waals surface area contributed by atoms with Crippen LogP contribution in [0.15, 0.2) is 54.6 Å². The standard InChI is InChI=1S/C23H33NO2Si/c1-19-17-24(18-20(2)25-19)15-8-16-27(3,4)23-13-11-22(12-14-23)26-21-9-6-5-7-10-21/h5-7,9-14,19-20H,8,15-18H2,1-4H3. The first-order valence-electron chi connectivity index (χ1n) is 10.1. The third-order valence-corrected chi connectivity index (χ3v) is 8.89. The number of benzene rings is 2. The molecule has 146 valence electrons. The molecule has 0 N–H and O–H groups in total. The molecule has 1 saturated heterocycles. The highest BCUT2D eigenvalue weighted by Crippen LogP contribution is 2.21. The van der Waals surface area contributed by atoms with Crippen LogP contribution in [-0.4, -0.2) is 44.8 Å². The maximum absolute atomic E-state index is 5.92. The lowest BCUT2D eigenvalue weighted by molar-refractivity contribution is -0.0677. The van der Waals surface area contributed by atoms with Gasteiger partial charge in [0.2, 0.25) is 0 Å². The van der Waals surface area contributed by atoms with Gasteiger partial charge in [-0.2, -0.15) is 0 Å². The second kappa shape index (κ2) is 9.05. The van der Waals surface area contributed by atoms with Crippen molar-refractivity contribution < 1.29 is 9.47 Å². The van der Waals surface area contributed by atoms with Crippen LogP contribution in [0.1, 0.15) is 20.3 Å². The Morgan fingerprint density at radius 3 is 2.15 bits per heavy atom. The Labute approximate surface area is 165 Å². The Morgan fingerprint density at radius 2 is 1.52 bits per heavy atom. The molecular formula is C23H33NO2Si. The number of ether oxygens (including phenoxy) is 2. The minimum atomic E-state index is -1.43. The summed E-state index contributed by atoms with van der Waals surface area (Å²) >= 11 is 0. The molecule has 4 heteroatoms.